The molecule has 0 saturated heterocycles. The van der Waals surface area contributed by atoms with E-state index in [1.807, 2.05) is 7.05 Å². The molecule has 5 nitrogen and oxygen atoms in total. The lowest BCUT2D eigenvalue weighted by atomic mass is 10.2. The summed E-state index contributed by atoms with van der Waals surface area (Å²) < 4.78 is 26.5. The highest BCUT2D eigenvalue weighted by Crippen LogP contribution is 2.33. The Morgan fingerprint density at radius 2 is 2.16 bits per heavy atom. The zero-order valence-corrected chi connectivity index (χ0v) is 12.0. The Morgan fingerprint density at radius 1 is 1.37 bits per heavy atom. The van der Waals surface area contributed by atoms with E-state index in [4.69, 9.17) is 0 Å². The van der Waals surface area contributed by atoms with Gasteiger partial charge in [-0.1, -0.05) is 18.9 Å². The molecule has 19 heavy (non-hydrogen) atoms. The summed E-state index contributed by atoms with van der Waals surface area (Å²) in [5.41, 5.74) is 0.968. The number of nitrogens with zero attached hydrogens (tertiary/aromatic N) is 1. The molecule has 0 amide bonds. The second-order valence-electron chi connectivity index (χ2n) is 5.02. The van der Waals surface area contributed by atoms with Crippen LogP contribution in [-0.2, 0) is 16.6 Å². The van der Waals surface area contributed by atoms with Crippen molar-refractivity contribution in [2.45, 2.75) is 37.3 Å². The minimum atomic E-state index is -3.45. The predicted molar refractivity (Wildman–Crippen MR) is 74.1 cm³/mol. The van der Waals surface area contributed by atoms with Gasteiger partial charge >= 0.3 is 0 Å². The average Bonchev–Trinajstić information content (AvgIpc) is 3.20. The van der Waals surface area contributed by atoms with Crippen molar-refractivity contribution >= 4 is 10.0 Å². The molecule has 2 rings (SSSR count). The van der Waals surface area contributed by atoms with Crippen molar-refractivity contribution in [3.05, 3.63) is 23.9 Å². The van der Waals surface area contributed by atoms with Gasteiger partial charge in [-0.2, -0.15) is 0 Å². The molecule has 2 N–H and O–H groups in total. The second-order valence-corrected chi connectivity index (χ2v) is 6.73. The average molecular weight is 283 g/mol. The summed E-state index contributed by atoms with van der Waals surface area (Å²) >= 11 is 0. The van der Waals surface area contributed by atoms with Crippen LogP contribution >= 0.6 is 0 Å². The molecule has 0 atom stereocenters. The Labute approximate surface area is 114 Å². The summed E-state index contributed by atoms with van der Waals surface area (Å²) in [6, 6.07) is 3.33. The maximum atomic E-state index is 12.0. The zero-order valence-electron chi connectivity index (χ0n) is 11.2. The van der Waals surface area contributed by atoms with E-state index in [9.17, 15) is 8.42 Å². The lowest BCUT2D eigenvalue weighted by Gasteiger charge is -2.06. The van der Waals surface area contributed by atoms with Gasteiger partial charge in [0, 0.05) is 19.3 Å². The van der Waals surface area contributed by atoms with Gasteiger partial charge in [-0.15, -0.1) is 0 Å². The Balaban J connectivity index is 1.86. The van der Waals surface area contributed by atoms with Gasteiger partial charge in [0.25, 0.3) is 10.0 Å². The number of aromatic nitrogens is 1. The molecule has 1 aromatic heterocycles. The second kappa shape index (κ2) is 6.45. The van der Waals surface area contributed by atoms with E-state index in [1.165, 1.54) is 12.8 Å². The van der Waals surface area contributed by atoms with E-state index in [-0.39, 0.29) is 5.03 Å². The highest BCUT2D eigenvalue weighted by atomic mass is 32.2. The van der Waals surface area contributed by atoms with Gasteiger partial charge < -0.3 is 5.32 Å². The van der Waals surface area contributed by atoms with E-state index in [1.54, 1.807) is 18.3 Å². The Bertz CT molecular complexity index is 495. The van der Waals surface area contributed by atoms with Gasteiger partial charge in [0.05, 0.1) is 0 Å². The molecule has 0 bridgehead atoms. The van der Waals surface area contributed by atoms with Crippen molar-refractivity contribution in [1.82, 2.24) is 15.0 Å². The largest absolute Gasteiger partial charge is 0.316 e. The van der Waals surface area contributed by atoms with Crippen LogP contribution < -0.4 is 10.0 Å². The van der Waals surface area contributed by atoms with Crippen molar-refractivity contribution < 1.29 is 8.42 Å². The number of hydrogen-bond donors (Lipinski definition) is 2. The van der Waals surface area contributed by atoms with Crippen LogP contribution in [0.2, 0.25) is 0 Å². The van der Waals surface area contributed by atoms with Crippen LogP contribution in [0.4, 0.5) is 0 Å². The standard InChI is InChI=1S/C13H21N3O2S/c1-14-9-12-6-7-13(15-10-12)19(17,18)16-8-2-3-11-4-5-11/h6-7,10-11,14,16H,2-5,8-9H2,1H3. The molecular weight excluding hydrogens is 262 g/mol. The molecule has 1 aliphatic carbocycles. The van der Waals surface area contributed by atoms with Gasteiger partial charge in [0.15, 0.2) is 5.03 Å². The molecule has 6 heteroatoms. The van der Waals surface area contributed by atoms with Crippen LogP contribution in [-0.4, -0.2) is 27.0 Å². The first-order valence-corrected chi connectivity index (χ1v) is 8.19. The SMILES string of the molecule is CNCc1ccc(S(=O)(=O)NCCCC2CC2)nc1. The number of nitrogens with one attached hydrogen (secondary N) is 2. The third-order valence-corrected chi connectivity index (χ3v) is 4.61. The van der Waals surface area contributed by atoms with Crippen molar-refractivity contribution in [3.8, 4) is 0 Å². The number of sulfonamides is 1. The molecule has 106 valence electrons. The third kappa shape index (κ3) is 4.56. The van der Waals surface area contributed by atoms with Crippen molar-refractivity contribution in [1.29, 1.82) is 0 Å². The molecule has 0 aliphatic heterocycles. The van der Waals surface area contributed by atoms with Gasteiger partial charge in [-0.05, 0) is 37.4 Å². The maximum absolute atomic E-state index is 12.0. The summed E-state index contributed by atoms with van der Waals surface area (Å²) in [7, 11) is -1.61. The summed E-state index contributed by atoms with van der Waals surface area (Å²) in [6.07, 6.45) is 6.23. The topological polar surface area (TPSA) is 71.1 Å². The molecule has 1 aromatic rings. The fraction of sp³-hybridized carbons (Fsp3) is 0.615. The molecule has 0 radical (unpaired) electrons. The number of hydrogen-bond acceptors (Lipinski definition) is 4. The van der Waals surface area contributed by atoms with Crippen LogP contribution in [0.1, 0.15) is 31.2 Å². The highest BCUT2D eigenvalue weighted by molar-refractivity contribution is 7.89. The Morgan fingerprint density at radius 3 is 2.74 bits per heavy atom. The van der Waals surface area contributed by atoms with Gasteiger partial charge in [0.2, 0.25) is 0 Å². The lowest BCUT2D eigenvalue weighted by Crippen LogP contribution is -2.25. The number of pyridine rings is 1. The van der Waals surface area contributed by atoms with E-state index >= 15 is 0 Å². The predicted octanol–water partition coefficient (Wildman–Crippen LogP) is 1.27. The van der Waals surface area contributed by atoms with Crippen molar-refractivity contribution in [2.24, 2.45) is 5.92 Å². The van der Waals surface area contributed by atoms with E-state index in [0.717, 1.165) is 24.3 Å². The first-order chi connectivity index (χ1) is 9.12. The van der Waals surface area contributed by atoms with E-state index in [0.29, 0.717) is 13.1 Å². The normalized spacial score (nSPS) is 15.6. The first-order valence-electron chi connectivity index (χ1n) is 6.71. The minimum Gasteiger partial charge on any atom is -0.316 e. The lowest BCUT2D eigenvalue weighted by molar-refractivity contribution is 0.569. The van der Waals surface area contributed by atoms with Crippen LogP contribution in [0, 0.1) is 5.92 Å². The van der Waals surface area contributed by atoms with Crippen LogP contribution in [0.25, 0.3) is 0 Å². The third-order valence-electron chi connectivity index (χ3n) is 3.23. The molecule has 0 spiro atoms. The van der Waals surface area contributed by atoms with Crippen molar-refractivity contribution in [3.63, 3.8) is 0 Å². The number of rotatable bonds is 8. The van der Waals surface area contributed by atoms with E-state index in [2.05, 4.69) is 15.0 Å². The summed E-state index contributed by atoms with van der Waals surface area (Å²) in [4.78, 5) is 4.00. The van der Waals surface area contributed by atoms with Gasteiger partial charge in [-0.25, -0.2) is 18.1 Å². The zero-order chi connectivity index (χ0) is 13.7. The molecule has 1 heterocycles. The smallest absolute Gasteiger partial charge is 0.258 e. The van der Waals surface area contributed by atoms with Crippen molar-refractivity contribution in [2.75, 3.05) is 13.6 Å². The molecular formula is C13H21N3O2S. The Kier molecular flexibility index (Phi) is 4.90. The van der Waals surface area contributed by atoms with Crippen LogP contribution in [0.15, 0.2) is 23.4 Å². The molecule has 1 saturated carbocycles. The summed E-state index contributed by atoms with van der Waals surface area (Å²) in [6.45, 7) is 1.18. The molecule has 0 aromatic carbocycles. The summed E-state index contributed by atoms with van der Waals surface area (Å²) in [5, 5.41) is 3.09. The van der Waals surface area contributed by atoms with Gasteiger partial charge in [-0.3, -0.25) is 0 Å². The molecule has 1 fully saturated rings. The molecule has 1 aliphatic rings. The fourth-order valence-corrected chi connectivity index (χ4v) is 2.96. The van der Waals surface area contributed by atoms with Gasteiger partial charge in [0.1, 0.15) is 0 Å². The Hall–Kier alpha value is -0.980. The van der Waals surface area contributed by atoms with Crippen LogP contribution in [0.3, 0.4) is 0 Å². The molecule has 0 unspecified atom stereocenters. The minimum absolute atomic E-state index is 0.0961. The fourth-order valence-electron chi connectivity index (χ4n) is 1.96. The maximum Gasteiger partial charge on any atom is 0.258 e. The first kappa shape index (κ1) is 14.4. The quantitative estimate of drug-likeness (QED) is 0.705. The van der Waals surface area contributed by atoms with Crippen LogP contribution in [0.5, 0.6) is 0 Å². The summed E-state index contributed by atoms with van der Waals surface area (Å²) in [5.74, 6) is 0.837. The highest BCUT2D eigenvalue weighted by Gasteiger charge is 2.21. The monoisotopic (exact) mass is 283 g/mol. The van der Waals surface area contributed by atoms with E-state index < -0.39 is 10.0 Å².